The summed E-state index contributed by atoms with van der Waals surface area (Å²) in [7, 11) is -1.20. The van der Waals surface area contributed by atoms with Crippen LogP contribution < -0.4 is 10.9 Å². The number of hydrogen-bond acceptors (Lipinski definition) is 4. The van der Waals surface area contributed by atoms with Crippen molar-refractivity contribution in [3.05, 3.63) is 62.0 Å². The van der Waals surface area contributed by atoms with Crippen molar-refractivity contribution in [2.45, 2.75) is 53.7 Å². The van der Waals surface area contributed by atoms with E-state index >= 15 is 4.39 Å². The zero-order chi connectivity index (χ0) is 23.8. The highest BCUT2D eigenvalue weighted by Gasteiger charge is 2.36. The van der Waals surface area contributed by atoms with Gasteiger partial charge in [-0.3, -0.25) is 15.0 Å². The van der Waals surface area contributed by atoms with Crippen molar-refractivity contribution in [3.8, 4) is 0 Å². The SMILES string of the molecule is CC[C@@H](N(NC(=O)c1ccc2c(c1F)COB2O)C(=O)c1cc(C)cc(I)c1)C(C)(C)C. The van der Waals surface area contributed by atoms with E-state index in [4.69, 9.17) is 4.65 Å². The highest BCUT2D eigenvalue weighted by atomic mass is 127. The van der Waals surface area contributed by atoms with Gasteiger partial charge in [0.15, 0.2) is 0 Å². The van der Waals surface area contributed by atoms with Gasteiger partial charge in [-0.2, -0.15) is 0 Å². The van der Waals surface area contributed by atoms with Crippen molar-refractivity contribution in [3.63, 3.8) is 0 Å². The maximum absolute atomic E-state index is 15.0. The van der Waals surface area contributed by atoms with Crippen molar-refractivity contribution < 1.29 is 23.7 Å². The topological polar surface area (TPSA) is 78.9 Å². The van der Waals surface area contributed by atoms with Crippen LogP contribution in [0.2, 0.25) is 0 Å². The summed E-state index contributed by atoms with van der Waals surface area (Å²) in [5.41, 5.74) is 3.96. The average molecular weight is 552 g/mol. The molecule has 1 atom stereocenters. The average Bonchev–Trinajstić information content (AvgIpc) is 3.07. The Hall–Kier alpha value is -1.98. The minimum absolute atomic E-state index is 0.118. The Bertz CT molecular complexity index is 1040. The van der Waals surface area contributed by atoms with Crippen molar-refractivity contribution >= 4 is 47.0 Å². The van der Waals surface area contributed by atoms with Crippen LogP contribution in [0.4, 0.5) is 4.39 Å². The summed E-state index contributed by atoms with van der Waals surface area (Å²) in [4.78, 5) is 26.7. The van der Waals surface area contributed by atoms with Crippen LogP contribution in [0.5, 0.6) is 0 Å². The van der Waals surface area contributed by atoms with Gasteiger partial charge in [-0.05, 0) is 76.6 Å². The van der Waals surface area contributed by atoms with Gasteiger partial charge in [0.2, 0.25) is 0 Å². The van der Waals surface area contributed by atoms with Gasteiger partial charge in [-0.1, -0.05) is 33.8 Å². The molecule has 1 heterocycles. The number of nitrogens with one attached hydrogen (secondary N) is 1. The molecule has 0 spiro atoms. The number of halogens is 2. The first kappa shape index (κ1) is 24.7. The van der Waals surface area contributed by atoms with Crippen molar-refractivity contribution in [1.82, 2.24) is 10.4 Å². The Morgan fingerprint density at radius 1 is 1.31 bits per heavy atom. The summed E-state index contributed by atoms with van der Waals surface area (Å²) in [5, 5.41) is 11.1. The second kappa shape index (κ2) is 9.48. The summed E-state index contributed by atoms with van der Waals surface area (Å²) in [6.07, 6.45) is 0.588. The first-order valence-electron chi connectivity index (χ1n) is 10.5. The molecule has 0 unspecified atom stereocenters. The third-order valence-corrected chi connectivity index (χ3v) is 6.23. The molecule has 0 radical (unpaired) electrons. The van der Waals surface area contributed by atoms with E-state index in [1.807, 2.05) is 40.7 Å². The van der Waals surface area contributed by atoms with Gasteiger partial charge in [0.25, 0.3) is 11.8 Å². The molecule has 2 aromatic rings. The Kier molecular flexibility index (Phi) is 7.31. The fraction of sp³-hybridized carbons (Fsp3) is 0.391. The zero-order valence-corrected chi connectivity index (χ0v) is 21.0. The summed E-state index contributed by atoms with van der Waals surface area (Å²) in [6.45, 7) is 9.69. The molecular formula is C23H27BFIN2O4. The summed E-state index contributed by atoms with van der Waals surface area (Å²) in [5.74, 6) is -1.84. The lowest BCUT2D eigenvalue weighted by Crippen LogP contribution is -2.56. The van der Waals surface area contributed by atoms with Crippen molar-refractivity contribution in [2.24, 2.45) is 5.41 Å². The maximum Gasteiger partial charge on any atom is 0.491 e. The van der Waals surface area contributed by atoms with Gasteiger partial charge in [0.1, 0.15) is 5.82 Å². The maximum atomic E-state index is 15.0. The fourth-order valence-electron chi connectivity index (χ4n) is 4.06. The number of rotatable bonds is 4. The number of nitrogens with zero attached hydrogens (tertiary/aromatic N) is 1. The summed E-state index contributed by atoms with van der Waals surface area (Å²) in [6, 6.07) is 7.93. The largest absolute Gasteiger partial charge is 0.491 e. The highest BCUT2D eigenvalue weighted by molar-refractivity contribution is 14.1. The molecule has 0 fully saturated rings. The van der Waals surface area contributed by atoms with E-state index in [0.29, 0.717) is 17.4 Å². The fourth-order valence-corrected chi connectivity index (χ4v) is 4.89. The Morgan fingerprint density at radius 3 is 2.59 bits per heavy atom. The second-order valence-electron chi connectivity index (χ2n) is 9.08. The molecule has 2 N–H and O–H groups in total. The molecule has 2 amide bonds. The second-order valence-corrected chi connectivity index (χ2v) is 10.3. The molecule has 0 bridgehead atoms. The Balaban J connectivity index is 1.99. The van der Waals surface area contributed by atoms with Gasteiger partial charge in [0, 0.05) is 14.7 Å². The zero-order valence-electron chi connectivity index (χ0n) is 18.8. The van der Waals surface area contributed by atoms with Crippen LogP contribution >= 0.6 is 22.6 Å². The first-order valence-corrected chi connectivity index (χ1v) is 11.5. The number of benzene rings is 2. The van der Waals surface area contributed by atoms with Gasteiger partial charge < -0.3 is 9.68 Å². The van der Waals surface area contributed by atoms with Crippen LogP contribution in [-0.4, -0.2) is 35.0 Å². The third kappa shape index (κ3) is 4.99. The molecule has 6 nitrogen and oxygen atoms in total. The van der Waals surface area contributed by atoms with Crippen LogP contribution in [0.1, 0.15) is 66.0 Å². The molecule has 2 aromatic carbocycles. The van der Waals surface area contributed by atoms with Crippen LogP contribution in [0.15, 0.2) is 30.3 Å². The molecule has 1 aliphatic rings. The highest BCUT2D eigenvalue weighted by Crippen LogP contribution is 2.28. The monoisotopic (exact) mass is 552 g/mol. The van der Waals surface area contributed by atoms with E-state index in [1.54, 1.807) is 12.1 Å². The molecule has 0 aromatic heterocycles. The van der Waals surface area contributed by atoms with Crippen LogP contribution in [-0.2, 0) is 11.3 Å². The standard InChI is InChI=1S/C23H27BFIN2O4/c1-6-19(23(3,4)5)28(22(30)14-9-13(2)10-15(26)11-14)27-21(29)16-7-8-18-17(20(16)25)12-32-24(18)31/h7-11,19,31H,6,12H2,1-5H3,(H,27,29)/t19-/m1/s1. The normalized spacial score (nSPS) is 14.2. The molecule has 170 valence electrons. The minimum Gasteiger partial charge on any atom is -0.423 e. The number of carbonyl (C=O) groups is 2. The van der Waals surface area contributed by atoms with E-state index in [0.717, 1.165) is 9.13 Å². The third-order valence-electron chi connectivity index (χ3n) is 5.60. The molecule has 9 heteroatoms. The lowest BCUT2D eigenvalue weighted by atomic mass is 9.79. The number of hydrogen-bond donors (Lipinski definition) is 2. The van der Waals surface area contributed by atoms with Crippen molar-refractivity contribution in [2.75, 3.05) is 0 Å². The number of amides is 2. The number of hydrazine groups is 1. The molecule has 3 rings (SSSR count). The predicted octanol–water partition coefficient (Wildman–Crippen LogP) is 3.57. The Morgan fingerprint density at radius 2 is 2.00 bits per heavy atom. The molecule has 1 aliphatic heterocycles. The van der Waals surface area contributed by atoms with Gasteiger partial charge in [-0.25, -0.2) is 9.40 Å². The molecule has 0 saturated carbocycles. The summed E-state index contributed by atoms with van der Waals surface area (Å²) >= 11 is 2.15. The van der Waals surface area contributed by atoms with Gasteiger partial charge >= 0.3 is 7.12 Å². The first-order chi connectivity index (χ1) is 14.9. The summed E-state index contributed by atoms with van der Waals surface area (Å²) < 4.78 is 21.0. The van der Waals surface area contributed by atoms with Gasteiger partial charge in [-0.15, -0.1) is 0 Å². The van der Waals surface area contributed by atoms with Crippen molar-refractivity contribution in [1.29, 1.82) is 0 Å². The molecule has 0 aliphatic carbocycles. The number of carbonyl (C=O) groups excluding carboxylic acids is 2. The number of fused-ring (bicyclic) bond motifs is 1. The molecular weight excluding hydrogens is 525 g/mol. The number of aryl methyl sites for hydroxylation is 1. The van der Waals surface area contributed by atoms with E-state index in [2.05, 4.69) is 28.0 Å². The van der Waals surface area contributed by atoms with Crippen LogP contribution in [0.25, 0.3) is 0 Å². The van der Waals surface area contributed by atoms with E-state index in [9.17, 15) is 14.6 Å². The van der Waals surface area contributed by atoms with Crippen LogP contribution in [0.3, 0.4) is 0 Å². The predicted molar refractivity (Wildman–Crippen MR) is 130 cm³/mol. The molecule has 0 saturated heterocycles. The van der Waals surface area contributed by atoms with Crippen LogP contribution in [0, 0.1) is 21.7 Å². The van der Waals surface area contributed by atoms with E-state index in [1.165, 1.54) is 17.1 Å². The molecule has 32 heavy (non-hydrogen) atoms. The van der Waals surface area contributed by atoms with E-state index < -0.39 is 18.8 Å². The quantitative estimate of drug-likeness (QED) is 0.346. The lowest BCUT2D eigenvalue weighted by Gasteiger charge is -2.39. The smallest absolute Gasteiger partial charge is 0.423 e. The minimum atomic E-state index is -1.20. The Labute approximate surface area is 201 Å². The lowest BCUT2D eigenvalue weighted by molar-refractivity contribution is 0.0283. The van der Waals surface area contributed by atoms with Gasteiger partial charge in [0.05, 0.1) is 18.2 Å². The van der Waals surface area contributed by atoms with E-state index in [-0.39, 0.29) is 35.1 Å².